The van der Waals surface area contributed by atoms with Gasteiger partial charge in [-0.3, -0.25) is 0 Å². The second-order valence-corrected chi connectivity index (χ2v) is 8.14. The zero-order valence-corrected chi connectivity index (χ0v) is 18.8. The SMILES string of the molecule is Cc1cc(N2CCN(c3ccccc3)CC2)nc(NC(=S)N[C@@H](C)c2ccccc2)n1. The van der Waals surface area contributed by atoms with Crippen LogP contribution in [0.3, 0.4) is 0 Å². The van der Waals surface area contributed by atoms with E-state index < -0.39 is 0 Å². The first-order chi connectivity index (χ1) is 15.1. The lowest BCUT2D eigenvalue weighted by atomic mass is 10.1. The summed E-state index contributed by atoms with van der Waals surface area (Å²) in [6.45, 7) is 7.82. The molecule has 3 aromatic rings. The van der Waals surface area contributed by atoms with Crippen molar-refractivity contribution in [1.29, 1.82) is 0 Å². The third-order valence-electron chi connectivity index (χ3n) is 5.44. The Hall–Kier alpha value is -3.19. The number of hydrogen-bond donors (Lipinski definition) is 2. The molecule has 0 unspecified atom stereocenters. The average molecular weight is 433 g/mol. The van der Waals surface area contributed by atoms with Crippen LogP contribution in [0.4, 0.5) is 17.5 Å². The van der Waals surface area contributed by atoms with Gasteiger partial charge in [0.25, 0.3) is 0 Å². The number of benzene rings is 2. The molecule has 1 aliphatic rings. The molecule has 31 heavy (non-hydrogen) atoms. The van der Waals surface area contributed by atoms with E-state index in [4.69, 9.17) is 17.2 Å². The molecule has 0 bridgehead atoms. The van der Waals surface area contributed by atoms with E-state index in [9.17, 15) is 0 Å². The van der Waals surface area contributed by atoms with E-state index in [2.05, 4.69) is 74.8 Å². The van der Waals surface area contributed by atoms with Crippen LogP contribution in [0.5, 0.6) is 0 Å². The molecule has 1 atom stereocenters. The van der Waals surface area contributed by atoms with Gasteiger partial charge in [0, 0.05) is 43.6 Å². The maximum Gasteiger partial charge on any atom is 0.231 e. The monoisotopic (exact) mass is 432 g/mol. The first kappa shape index (κ1) is 21.1. The minimum absolute atomic E-state index is 0.0940. The largest absolute Gasteiger partial charge is 0.368 e. The van der Waals surface area contributed by atoms with Crippen LogP contribution in [-0.4, -0.2) is 41.3 Å². The van der Waals surface area contributed by atoms with E-state index in [0.29, 0.717) is 11.1 Å². The molecule has 0 saturated carbocycles. The normalized spacial score (nSPS) is 14.8. The van der Waals surface area contributed by atoms with Gasteiger partial charge in [0.1, 0.15) is 5.82 Å². The van der Waals surface area contributed by atoms with E-state index in [-0.39, 0.29) is 6.04 Å². The molecule has 4 rings (SSSR count). The third-order valence-corrected chi connectivity index (χ3v) is 5.66. The molecule has 1 aliphatic heterocycles. The molecule has 6 nitrogen and oxygen atoms in total. The van der Waals surface area contributed by atoms with Gasteiger partial charge in [-0.2, -0.15) is 4.98 Å². The second-order valence-electron chi connectivity index (χ2n) is 7.73. The Balaban J connectivity index is 1.38. The van der Waals surface area contributed by atoms with E-state index in [1.165, 1.54) is 11.3 Å². The van der Waals surface area contributed by atoms with Crippen molar-refractivity contribution in [1.82, 2.24) is 15.3 Å². The highest BCUT2D eigenvalue weighted by Gasteiger charge is 2.19. The molecule has 0 spiro atoms. The number of nitrogens with zero attached hydrogens (tertiary/aromatic N) is 4. The summed E-state index contributed by atoms with van der Waals surface area (Å²) in [6.07, 6.45) is 0. The van der Waals surface area contributed by atoms with E-state index in [1.54, 1.807) is 0 Å². The number of aryl methyl sites for hydroxylation is 1. The molecule has 7 heteroatoms. The fourth-order valence-corrected chi connectivity index (χ4v) is 4.03. The molecular weight excluding hydrogens is 404 g/mol. The summed E-state index contributed by atoms with van der Waals surface area (Å²) in [4.78, 5) is 14.0. The lowest BCUT2D eigenvalue weighted by Crippen LogP contribution is -2.47. The van der Waals surface area contributed by atoms with Crippen LogP contribution in [0.2, 0.25) is 0 Å². The molecule has 0 radical (unpaired) electrons. The fraction of sp³-hybridized carbons (Fsp3) is 0.292. The molecule has 1 aromatic heterocycles. The number of hydrogen-bond acceptors (Lipinski definition) is 5. The number of para-hydroxylation sites is 1. The minimum atomic E-state index is 0.0940. The average Bonchev–Trinajstić information content (AvgIpc) is 2.80. The zero-order valence-electron chi connectivity index (χ0n) is 18.0. The van der Waals surface area contributed by atoms with E-state index in [1.807, 2.05) is 31.2 Å². The highest BCUT2D eigenvalue weighted by Crippen LogP contribution is 2.20. The molecule has 1 fully saturated rings. The first-order valence-electron chi connectivity index (χ1n) is 10.6. The molecular formula is C24H28N6S. The van der Waals surface area contributed by atoms with Crippen molar-refractivity contribution in [3.63, 3.8) is 0 Å². The van der Waals surface area contributed by atoms with Gasteiger partial charge in [0.15, 0.2) is 5.11 Å². The van der Waals surface area contributed by atoms with Gasteiger partial charge in [-0.05, 0) is 43.8 Å². The summed E-state index contributed by atoms with van der Waals surface area (Å²) in [6, 6.07) is 22.9. The van der Waals surface area contributed by atoms with Crippen LogP contribution in [0.25, 0.3) is 0 Å². The number of rotatable bonds is 5. The highest BCUT2D eigenvalue weighted by atomic mass is 32.1. The molecule has 0 amide bonds. The Kier molecular flexibility index (Phi) is 6.62. The maximum absolute atomic E-state index is 5.50. The quantitative estimate of drug-likeness (QED) is 0.587. The number of anilines is 3. The Morgan fingerprint density at radius 3 is 2.19 bits per heavy atom. The summed E-state index contributed by atoms with van der Waals surface area (Å²) in [7, 11) is 0. The standard InChI is InChI=1S/C24H28N6S/c1-18-17-22(30-15-13-29(14-16-30)21-11-7-4-8-12-21)27-23(25-18)28-24(31)26-19(2)20-9-5-3-6-10-20/h3-12,17,19H,13-16H2,1-2H3,(H2,25,26,27,28,31)/t19-/m0/s1. The fourth-order valence-electron chi connectivity index (χ4n) is 3.76. The zero-order chi connectivity index (χ0) is 21.6. The van der Waals surface area contributed by atoms with Crippen molar-refractivity contribution in [2.75, 3.05) is 41.3 Å². The molecule has 0 aliphatic carbocycles. The van der Waals surface area contributed by atoms with Gasteiger partial charge in [-0.1, -0.05) is 48.5 Å². The summed E-state index contributed by atoms with van der Waals surface area (Å²) >= 11 is 5.50. The van der Waals surface area contributed by atoms with Crippen molar-refractivity contribution in [2.45, 2.75) is 19.9 Å². The van der Waals surface area contributed by atoms with Gasteiger partial charge in [0.2, 0.25) is 5.95 Å². The summed E-state index contributed by atoms with van der Waals surface area (Å²) in [5.41, 5.74) is 3.36. The topological polar surface area (TPSA) is 56.3 Å². The Labute approximate surface area is 189 Å². The summed E-state index contributed by atoms with van der Waals surface area (Å²) in [5.74, 6) is 1.46. The van der Waals surface area contributed by atoms with Crippen molar-refractivity contribution >= 4 is 34.8 Å². The molecule has 2 N–H and O–H groups in total. The van der Waals surface area contributed by atoms with Crippen molar-refractivity contribution in [3.05, 3.63) is 78.0 Å². The predicted octanol–water partition coefficient (Wildman–Crippen LogP) is 4.16. The third kappa shape index (κ3) is 5.49. The number of nitrogens with one attached hydrogen (secondary N) is 2. The minimum Gasteiger partial charge on any atom is -0.368 e. The maximum atomic E-state index is 5.50. The van der Waals surface area contributed by atoms with Gasteiger partial charge >= 0.3 is 0 Å². The van der Waals surface area contributed by atoms with Crippen LogP contribution < -0.4 is 20.4 Å². The van der Waals surface area contributed by atoms with Gasteiger partial charge in [0.05, 0.1) is 6.04 Å². The number of piperazine rings is 1. The van der Waals surface area contributed by atoms with E-state index in [0.717, 1.165) is 37.7 Å². The molecule has 1 saturated heterocycles. The highest BCUT2D eigenvalue weighted by molar-refractivity contribution is 7.80. The molecule has 160 valence electrons. The number of aromatic nitrogens is 2. The summed E-state index contributed by atoms with van der Waals surface area (Å²) < 4.78 is 0. The molecule has 2 heterocycles. The first-order valence-corrected chi connectivity index (χ1v) is 11.0. The number of thiocarbonyl (C=S) groups is 1. The lowest BCUT2D eigenvalue weighted by Gasteiger charge is -2.36. The van der Waals surface area contributed by atoms with E-state index >= 15 is 0 Å². The van der Waals surface area contributed by atoms with Crippen LogP contribution >= 0.6 is 12.2 Å². The Bertz CT molecular complexity index is 1000. The van der Waals surface area contributed by atoms with Crippen LogP contribution in [0, 0.1) is 6.92 Å². The van der Waals surface area contributed by atoms with Crippen LogP contribution in [-0.2, 0) is 0 Å². The van der Waals surface area contributed by atoms with Gasteiger partial charge in [-0.15, -0.1) is 0 Å². The van der Waals surface area contributed by atoms with Crippen LogP contribution in [0.1, 0.15) is 24.2 Å². The summed E-state index contributed by atoms with van der Waals surface area (Å²) in [5, 5.41) is 6.98. The smallest absolute Gasteiger partial charge is 0.231 e. The van der Waals surface area contributed by atoms with Gasteiger partial charge < -0.3 is 20.4 Å². The Morgan fingerprint density at radius 1 is 0.903 bits per heavy atom. The molecule has 2 aromatic carbocycles. The second kappa shape index (κ2) is 9.75. The lowest BCUT2D eigenvalue weighted by molar-refractivity contribution is 0.647. The van der Waals surface area contributed by atoms with Crippen molar-refractivity contribution in [3.8, 4) is 0 Å². The van der Waals surface area contributed by atoms with Crippen LogP contribution in [0.15, 0.2) is 66.7 Å². The van der Waals surface area contributed by atoms with Crippen molar-refractivity contribution < 1.29 is 0 Å². The predicted molar refractivity (Wildman–Crippen MR) is 132 cm³/mol. The van der Waals surface area contributed by atoms with Crippen molar-refractivity contribution in [2.24, 2.45) is 0 Å². The van der Waals surface area contributed by atoms with Gasteiger partial charge in [-0.25, -0.2) is 4.98 Å². The Morgan fingerprint density at radius 2 is 1.52 bits per heavy atom.